The first-order valence-corrected chi connectivity index (χ1v) is 49.4. The minimum Gasteiger partial charge on any atom is -0.310 e. The Morgan fingerprint density at radius 3 is 1.02 bits per heavy atom. The predicted octanol–water partition coefficient (Wildman–Crippen LogP) is 36.4. The molecular formula is C135H109N5. The van der Waals surface area contributed by atoms with Crippen molar-refractivity contribution in [2.75, 3.05) is 4.90 Å². The van der Waals surface area contributed by atoms with E-state index in [0.29, 0.717) is 17.5 Å². The fourth-order valence-corrected chi connectivity index (χ4v) is 23.6. The fraction of sp³-hybridized carbons (Fsp3) is 0.133. The van der Waals surface area contributed by atoms with E-state index in [0.717, 1.165) is 39.3 Å². The minimum absolute atomic E-state index is 0.000201. The van der Waals surface area contributed by atoms with E-state index in [4.69, 9.17) is 15.0 Å². The summed E-state index contributed by atoms with van der Waals surface area (Å²) in [6.07, 6.45) is 0. The normalized spacial score (nSPS) is 14.6. The number of rotatable bonds is 10. The van der Waals surface area contributed by atoms with Crippen LogP contribution in [-0.4, -0.2) is 19.5 Å². The Bertz CT molecular complexity index is 8770. The zero-order valence-corrected chi connectivity index (χ0v) is 81.4. The van der Waals surface area contributed by atoms with Crippen molar-refractivity contribution >= 4 is 104 Å². The van der Waals surface area contributed by atoms with Gasteiger partial charge in [-0.25, -0.2) is 15.0 Å². The molecule has 140 heavy (non-hydrogen) atoms. The number of benzene rings is 21. The molecule has 0 N–H and O–H groups in total. The highest BCUT2D eigenvalue weighted by Gasteiger charge is 2.50. The highest BCUT2D eigenvalue weighted by molar-refractivity contribution is 6.17. The molecule has 21 aromatic carbocycles. The molecule has 0 spiro atoms. The minimum atomic E-state index is -0.0624. The van der Waals surface area contributed by atoms with E-state index in [-0.39, 0.29) is 32.5 Å². The van der Waals surface area contributed by atoms with Gasteiger partial charge in [-0.15, -0.1) is 0 Å². The van der Waals surface area contributed by atoms with Gasteiger partial charge in [0, 0.05) is 61.0 Å². The maximum Gasteiger partial charge on any atom is 0.164 e. The largest absolute Gasteiger partial charge is 0.310 e. The van der Waals surface area contributed by atoms with Gasteiger partial charge in [-0.2, -0.15) is 0 Å². The number of anilines is 3. The second-order valence-electron chi connectivity index (χ2n) is 41.7. The molecule has 0 amide bonds. The summed E-state index contributed by atoms with van der Waals surface area (Å²) >= 11 is 0. The monoisotopic (exact) mass is 1800 g/mol. The van der Waals surface area contributed by atoms with E-state index >= 15 is 0 Å². The van der Waals surface area contributed by atoms with Crippen molar-refractivity contribution in [2.45, 2.75) is 116 Å². The lowest BCUT2D eigenvalue weighted by Gasteiger charge is -2.49. The molecule has 0 bridgehead atoms. The Morgan fingerprint density at radius 2 is 0.514 bits per heavy atom. The zero-order chi connectivity index (χ0) is 95.3. The summed E-state index contributed by atoms with van der Waals surface area (Å²) in [4.78, 5) is 17.1. The van der Waals surface area contributed by atoms with Gasteiger partial charge in [0.2, 0.25) is 0 Å². The standard InChI is InChI=1S/C47H37N3.C44H35N.C44H37N/c1-46(2)41-21-12-11-18-38(41)40-29-27-37-35-20-13-19-34(36(35)26-28-39(37)42(40)47(46,3)4)30-22-24-33(25-23-30)45-49-43(31-14-7-5-8-15-31)48-44(50-45)32-16-9-6-10-17-32;1-43(2)39-17-8-5-12-34(39)38-27-25-33-31-16-11-15-30(32(31)24-26-37(33)42(38)44(43,3)4)28-20-22-29(23-21-28)45-40-18-9-6-13-35(40)36-14-7-10-19-41(36)45;1-43(2)41-21-12-11-20-37(41)40-27-33-23-22-31-24-25-36(28-38(31)39(33)29-42(40)44(43,3)4)45(34-17-9-6-10-18-34)35-19-13-16-32(26-35)30-14-7-5-8-15-30/h5-29H,1-4H3;5-27H,1-4H3;5-29H,1-4H3. The molecule has 674 valence electrons. The second-order valence-corrected chi connectivity index (χ2v) is 41.7. The maximum atomic E-state index is 4.93. The van der Waals surface area contributed by atoms with Crippen molar-refractivity contribution in [3.8, 4) is 107 Å². The highest BCUT2D eigenvalue weighted by atomic mass is 15.1. The molecule has 0 aliphatic heterocycles. The predicted molar refractivity (Wildman–Crippen MR) is 594 cm³/mol. The summed E-state index contributed by atoms with van der Waals surface area (Å²) in [6, 6.07) is 161. The Morgan fingerprint density at radius 1 is 0.179 bits per heavy atom. The average molecular weight is 1800 g/mol. The molecular weight excluding hydrogens is 1690 g/mol. The summed E-state index contributed by atoms with van der Waals surface area (Å²) in [5.74, 6) is 1.98. The number of fused-ring (bicyclic) bond motifs is 23. The molecule has 2 heterocycles. The van der Waals surface area contributed by atoms with E-state index in [1.807, 2.05) is 60.7 Å². The van der Waals surface area contributed by atoms with Gasteiger partial charge < -0.3 is 9.47 Å². The van der Waals surface area contributed by atoms with E-state index < -0.39 is 0 Å². The smallest absolute Gasteiger partial charge is 0.164 e. The molecule has 0 fully saturated rings. The van der Waals surface area contributed by atoms with Gasteiger partial charge in [0.25, 0.3) is 0 Å². The first-order chi connectivity index (χ1) is 68.0. The molecule has 5 heteroatoms. The van der Waals surface area contributed by atoms with Gasteiger partial charge in [0.15, 0.2) is 17.5 Å². The van der Waals surface area contributed by atoms with Crippen molar-refractivity contribution in [2.24, 2.45) is 0 Å². The van der Waals surface area contributed by atoms with Crippen molar-refractivity contribution in [1.29, 1.82) is 0 Å². The van der Waals surface area contributed by atoms with Crippen LogP contribution in [0.2, 0.25) is 0 Å². The summed E-state index contributed by atoms with van der Waals surface area (Å²) in [5.41, 5.74) is 33.9. The van der Waals surface area contributed by atoms with Gasteiger partial charge in [-0.3, -0.25) is 0 Å². The molecule has 0 saturated heterocycles. The van der Waals surface area contributed by atoms with Crippen LogP contribution in [0.25, 0.3) is 193 Å². The third-order valence-electron chi connectivity index (χ3n) is 33.0. The third kappa shape index (κ3) is 13.9. The topological polar surface area (TPSA) is 46.8 Å². The van der Waals surface area contributed by atoms with Crippen LogP contribution in [0.4, 0.5) is 17.1 Å². The van der Waals surface area contributed by atoms with Crippen molar-refractivity contribution in [3.05, 3.63) is 476 Å². The summed E-state index contributed by atoms with van der Waals surface area (Å²) in [5, 5.41) is 18.2. The average Bonchev–Trinajstić information content (AvgIpc) is 0.733. The Kier molecular flexibility index (Phi) is 20.6. The summed E-state index contributed by atoms with van der Waals surface area (Å²) in [6.45, 7) is 29.0. The van der Waals surface area contributed by atoms with Crippen LogP contribution in [0.3, 0.4) is 0 Å². The molecule has 26 rings (SSSR count). The van der Waals surface area contributed by atoms with Crippen molar-refractivity contribution in [1.82, 2.24) is 19.5 Å². The first kappa shape index (κ1) is 86.6. The molecule has 5 nitrogen and oxygen atoms in total. The molecule has 3 aliphatic carbocycles. The molecule has 0 saturated carbocycles. The van der Waals surface area contributed by atoms with Gasteiger partial charge in [0.05, 0.1) is 11.0 Å². The number of para-hydroxylation sites is 3. The zero-order valence-electron chi connectivity index (χ0n) is 81.4. The SMILES string of the molecule is CC1(C)c2ccccc2-c2cc3ccc4ccc(N(c5ccccc5)c5cccc(-c6ccccc6)c5)cc4c3cc2C1(C)C.CC1(C)c2ccccc2-c2ccc3c(ccc4c(-c5ccc(-c6nc(-c7ccccc7)nc(-c7ccccc7)n6)cc5)cccc43)c2C1(C)C.CC1(C)c2ccccc2-c2ccc3c(ccc4c(-c5ccc(-n6c7ccccc7c7ccccc76)cc5)cccc43)c2C1(C)C. The molecule has 0 atom stereocenters. The van der Waals surface area contributed by atoms with Crippen molar-refractivity contribution < 1.29 is 0 Å². The second kappa shape index (κ2) is 33.3. The van der Waals surface area contributed by atoms with Crippen LogP contribution < -0.4 is 4.90 Å². The van der Waals surface area contributed by atoms with Gasteiger partial charge in [-0.05, 0) is 259 Å². The maximum absolute atomic E-state index is 4.93. The summed E-state index contributed by atoms with van der Waals surface area (Å²) < 4.78 is 2.38. The van der Waals surface area contributed by atoms with Crippen LogP contribution in [0.5, 0.6) is 0 Å². The van der Waals surface area contributed by atoms with Crippen LogP contribution in [0.15, 0.2) is 443 Å². The van der Waals surface area contributed by atoms with E-state index in [1.165, 1.54) is 187 Å². The van der Waals surface area contributed by atoms with E-state index in [2.05, 4.69) is 475 Å². The first-order valence-electron chi connectivity index (χ1n) is 49.4. The lowest BCUT2D eigenvalue weighted by atomic mass is 9.54. The highest BCUT2D eigenvalue weighted by Crippen LogP contribution is 2.60. The van der Waals surface area contributed by atoms with E-state index in [1.54, 1.807) is 0 Å². The third-order valence-corrected chi connectivity index (χ3v) is 33.0. The lowest BCUT2D eigenvalue weighted by Crippen LogP contribution is -2.43. The van der Waals surface area contributed by atoms with Crippen LogP contribution in [0.1, 0.15) is 116 Å². The number of hydrogen-bond donors (Lipinski definition) is 0. The van der Waals surface area contributed by atoms with Gasteiger partial charge >= 0.3 is 0 Å². The Labute approximate surface area is 820 Å². The van der Waals surface area contributed by atoms with Crippen LogP contribution in [-0.2, 0) is 32.5 Å². The van der Waals surface area contributed by atoms with Gasteiger partial charge in [0.1, 0.15) is 0 Å². The number of aromatic nitrogens is 4. The fourth-order valence-electron chi connectivity index (χ4n) is 23.6. The summed E-state index contributed by atoms with van der Waals surface area (Å²) in [7, 11) is 0. The van der Waals surface area contributed by atoms with Crippen LogP contribution in [0, 0.1) is 0 Å². The number of nitrogens with zero attached hydrogens (tertiary/aromatic N) is 5. The van der Waals surface area contributed by atoms with Crippen LogP contribution >= 0.6 is 0 Å². The molecule has 2 aromatic heterocycles. The van der Waals surface area contributed by atoms with Crippen molar-refractivity contribution in [3.63, 3.8) is 0 Å². The molecule has 3 aliphatic rings. The number of hydrogen-bond acceptors (Lipinski definition) is 4. The Hall–Kier alpha value is -16.2. The quantitative estimate of drug-likeness (QED) is 0.128. The Balaban J connectivity index is 0.000000114. The molecule has 23 aromatic rings. The molecule has 0 radical (unpaired) electrons. The van der Waals surface area contributed by atoms with E-state index in [9.17, 15) is 0 Å². The van der Waals surface area contributed by atoms with Gasteiger partial charge in [-0.1, -0.05) is 453 Å². The lowest BCUT2D eigenvalue weighted by molar-refractivity contribution is 0.299. The molecule has 0 unspecified atom stereocenters.